The highest BCUT2D eigenvalue weighted by Crippen LogP contribution is 2.07. The van der Waals surface area contributed by atoms with Gasteiger partial charge in [0, 0.05) is 6.54 Å². The normalized spacial score (nSPS) is 12.8. The van der Waals surface area contributed by atoms with Gasteiger partial charge in [-0.3, -0.25) is 4.79 Å². The second-order valence-electron chi connectivity index (χ2n) is 4.44. The topological polar surface area (TPSA) is 62.5 Å². The van der Waals surface area contributed by atoms with Gasteiger partial charge in [0.2, 0.25) is 0 Å². The van der Waals surface area contributed by atoms with Gasteiger partial charge in [-0.2, -0.15) is 0 Å². The standard InChI is InChI=1S/C12H19NO3/c1-8(2)4-11(14)6-13-12(15)10-5-9(3)16-7-10/h5,7-8,11,14H,4,6H2,1-3H3,(H,13,15). The molecule has 1 rings (SSSR count). The van der Waals surface area contributed by atoms with Crippen LogP contribution in [0, 0.1) is 12.8 Å². The van der Waals surface area contributed by atoms with Crippen molar-refractivity contribution >= 4 is 5.91 Å². The van der Waals surface area contributed by atoms with Crippen molar-refractivity contribution in [3.63, 3.8) is 0 Å². The molecule has 0 aromatic carbocycles. The van der Waals surface area contributed by atoms with Crippen molar-refractivity contribution in [3.8, 4) is 0 Å². The highest BCUT2D eigenvalue weighted by atomic mass is 16.3. The first kappa shape index (κ1) is 12.8. The molecule has 1 unspecified atom stereocenters. The van der Waals surface area contributed by atoms with E-state index >= 15 is 0 Å². The molecule has 0 aliphatic heterocycles. The Morgan fingerprint density at radius 1 is 1.56 bits per heavy atom. The molecule has 1 heterocycles. The molecule has 1 amide bonds. The van der Waals surface area contributed by atoms with Crippen LogP contribution >= 0.6 is 0 Å². The second kappa shape index (κ2) is 5.70. The molecule has 1 atom stereocenters. The number of nitrogens with one attached hydrogen (secondary N) is 1. The number of rotatable bonds is 5. The summed E-state index contributed by atoms with van der Waals surface area (Å²) in [7, 11) is 0. The molecule has 90 valence electrons. The average Bonchev–Trinajstić information content (AvgIpc) is 2.60. The van der Waals surface area contributed by atoms with Gasteiger partial charge >= 0.3 is 0 Å². The lowest BCUT2D eigenvalue weighted by Crippen LogP contribution is -2.32. The number of hydrogen-bond donors (Lipinski definition) is 2. The van der Waals surface area contributed by atoms with Crippen LogP contribution in [0.25, 0.3) is 0 Å². The van der Waals surface area contributed by atoms with E-state index in [2.05, 4.69) is 5.32 Å². The van der Waals surface area contributed by atoms with Crippen molar-refractivity contribution < 1.29 is 14.3 Å². The Morgan fingerprint density at radius 2 is 2.25 bits per heavy atom. The van der Waals surface area contributed by atoms with Gasteiger partial charge in [0.15, 0.2) is 0 Å². The molecule has 1 aromatic rings. The van der Waals surface area contributed by atoms with Crippen molar-refractivity contribution in [2.24, 2.45) is 5.92 Å². The molecular weight excluding hydrogens is 206 g/mol. The molecule has 0 fully saturated rings. The molecule has 4 heteroatoms. The maximum absolute atomic E-state index is 11.6. The van der Waals surface area contributed by atoms with Crippen LogP contribution in [0.1, 0.15) is 36.4 Å². The summed E-state index contributed by atoms with van der Waals surface area (Å²) in [5.41, 5.74) is 0.495. The van der Waals surface area contributed by atoms with Crippen molar-refractivity contribution in [1.82, 2.24) is 5.32 Å². The number of carbonyl (C=O) groups excluding carboxylic acids is 1. The Kier molecular flexibility index (Phi) is 4.55. The Hall–Kier alpha value is -1.29. The van der Waals surface area contributed by atoms with E-state index in [9.17, 15) is 9.90 Å². The quantitative estimate of drug-likeness (QED) is 0.802. The van der Waals surface area contributed by atoms with Crippen LogP contribution in [-0.4, -0.2) is 23.7 Å². The Balaban J connectivity index is 2.35. The van der Waals surface area contributed by atoms with Crippen LogP contribution in [0.4, 0.5) is 0 Å². The summed E-state index contributed by atoms with van der Waals surface area (Å²) in [6.45, 7) is 6.13. The fraction of sp³-hybridized carbons (Fsp3) is 0.583. The number of aryl methyl sites for hydroxylation is 1. The highest BCUT2D eigenvalue weighted by Gasteiger charge is 2.11. The third kappa shape index (κ3) is 4.06. The van der Waals surface area contributed by atoms with E-state index < -0.39 is 6.10 Å². The lowest BCUT2D eigenvalue weighted by atomic mass is 10.1. The summed E-state index contributed by atoms with van der Waals surface area (Å²) in [6, 6.07) is 1.67. The maximum Gasteiger partial charge on any atom is 0.254 e. The van der Waals surface area contributed by atoms with Gasteiger partial charge in [-0.15, -0.1) is 0 Å². The zero-order valence-electron chi connectivity index (χ0n) is 9.99. The molecule has 16 heavy (non-hydrogen) atoms. The fourth-order valence-corrected chi connectivity index (χ4v) is 1.50. The summed E-state index contributed by atoms with van der Waals surface area (Å²) < 4.78 is 5.03. The second-order valence-corrected chi connectivity index (χ2v) is 4.44. The van der Waals surface area contributed by atoms with E-state index in [4.69, 9.17) is 4.42 Å². The van der Waals surface area contributed by atoms with Gasteiger partial charge in [0.25, 0.3) is 5.91 Å². The van der Waals surface area contributed by atoms with E-state index in [1.54, 1.807) is 13.0 Å². The number of amides is 1. The van der Waals surface area contributed by atoms with Gasteiger partial charge in [0.05, 0.1) is 11.7 Å². The van der Waals surface area contributed by atoms with Crippen molar-refractivity contribution in [2.75, 3.05) is 6.54 Å². The van der Waals surface area contributed by atoms with Gasteiger partial charge in [0.1, 0.15) is 12.0 Å². The van der Waals surface area contributed by atoms with Crippen LogP contribution in [0.15, 0.2) is 16.7 Å². The summed E-state index contributed by atoms with van der Waals surface area (Å²) in [6.07, 6.45) is 1.61. The minimum Gasteiger partial charge on any atom is -0.469 e. The minimum atomic E-state index is -0.489. The van der Waals surface area contributed by atoms with Crippen LogP contribution in [0.2, 0.25) is 0 Å². The lowest BCUT2D eigenvalue weighted by Gasteiger charge is -2.13. The first-order valence-electron chi connectivity index (χ1n) is 5.50. The Morgan fingerprint density at radius 3 is 2.75 bits per heavy atom. The first-order valence-corrected chi connectivity index (χ1v) is 5.50. The predicted molar refractivity (Wildman–Crippen MR) is 61.2 cm³/mol. The molecule has 0 saturated carbocycles. The zero-order chi connectivity index (χ0) is 12.1. The molecule has 4 nitrogen and oxygen atoms in total. The first-order chi connectivity index (χ1) is 7.49. The van der Waals surface area contributed by atoms with E-state index in [1.807, 2.05) is 13.8 Å². The zero-order valence-corrected chi connectivity index (χ0v) is 9.99. The number of aliphatic hydroxyl groups is 1. The summed E-state index contributed by atoms with van der Waals surface area (Å²) in [4.78, 5) is 11.6. The van der Waals surface area contributed by atoms with Gasteiger partial charge < -0.3 is 14.8 Å². The average molecular weight is 225 g/mol. The number of carbonyl (C=O) groups is 1. The van der Waals surface area contributed by atoms with Crippen LogP contribution in [0.5, 0.6) is 0 Å². The van der Waals surface area contributed by atoms with Crippen LogP contribution in [0.3, 0.4) is 0 Å². The van der Waals surface area contributed by atoms with E-state index in [0.29, 0.717) is 23.7 Å². The molecule has 0 aliphatic rings. The van der Waals surface area contributed by atoms with E-state index in [-0.39, 0.29) is 12.5 Å². The molecule has 0 aliphatic carbocycles. The molecule has 0 spiro atoms. The van der Waals surface area contributed by atoms with Crippen LogP contribution in [-0.2, 0) is 0 Å². The largest absolute Gasteiger partial charge is 0.469 e. The van der Waals surface area contributed by atoms with Crippen molar-refractivity contribution in [1.29, 1.82) is 0 Å². The van der Waals surface area contributed by atoms with Crippen LogP contribution < -0.4 is 5.32 Å². The summed E-state index contributed by atoms with van der Waals surface area (Å²) >= 11 is 0. The molecule has 0 saturated heterocycles. The number of hydrogen-bond acceptors (Lipinski definition) is 3. The van der Waals surface area contributed by atoms with E-state index in [1.165, 1.54) is 6.26 Å². The summed E-state index contributed by atoms with van der Waals surface area (Å²) in [5.74, 6) is 0.913. The fourth-order valence-electron chi connectivity index (χ4n) is 1.50. The van der Waals surface area contributed by atoms with Crippen molar-refractivity contribution in [3.05, 3.63) is 23.7 Å². The Bertz CT molecular complexity index is 344. The van der Waals surface area contributed by atoms with E-state index in [0.717, 1.165) is 0 Å². The molecule has 0 bridgehead atoms. The van der Waals surface area contributed by atoms with Gasteiger partial charge in [-0.1, -0.05) is 13.8 Å². The van der Waals surface area contributed by atoms with Gasteiger partial charge in [-0.25, -0.2) is 0 Å². The third-order valence-corrected chi connectivity index (χ3v) is 2.23. The molecule has 0 radical (unpaired) electrons. The maximum atomic E-state index is 11.6. The SMILES string of the molecule is Cc1cc(C(=O)NCC(O)CC(C)C)co1. The smallest absolute Gasteiger partial charge is 0.254 e. The number of aliphatic hydroxyl groups excluding tert-OH is 1. The number of furan rings is 1. The molecule has 2 N–H and O–H groups in total. The highest BCUT2D eigenvalue weighted by molar-refractivity contribution is 5.93. The molecule has 1 aromatic heterocycles. The third-order valence-electron chi connectivity index (χ3n) is 2.23. The lowest BCUT2D eigenvalue weighted by molar-refractivity contribution is 0.0899. The monoisotopic (exact) mass is 225 g/mol. The minimum absolute atomic E-state index is 0.209. The Labute approximate surface area is 95.7 Å². The molecular formula is C12H19NO3. The summed E-state index contributed by atoms with van der Waals surface area (Å²) in [5, 5.41) is 12.3. The predicted octanol–water partition coefficient (Wildman–Crippen LogP) is 1.72. The van der Waals surface area contributed by atoms with Gasteiger partial charge in [-0.05, 0) is 25.3 Å². The van der Waals surface area contributed by atoms with Crippen molar-refractivity contribution in [2.45, 2.75) is 33.3 Å².